The Morgan fingerprint density at radius 2 is 1.85 bits per heavy atom. The van der Waals surface area contributed by atoms with Crippen molar-refractivity contribution in [2.45, 2.75) is 24.3 Å². The average Bonchev–Trinajstić information content (AvgIpc) is 2.15. The van der Waals surface area contributed by atoms with Gasteiger partial charge in [0.1, 0.15) is 5.25 Å². The van der Waals surface area contributed by atoms with Gasteiger partial charge in [0.05, 0.1) is 6.07 Å². The van der Waals surface area contributed by atoms with Crippen molar-refractivity contribution in [3.05, 3.63) is 35.9 Å². The molecule has 1 rings (SSSR count). The zero-order chi connectivity index (χ0) is 9.68. The Hall–Kier alpha value is -0.940. The molecule has 0 N–H and O–H groups in total. The Balaban J connectivity index is 2.75. The van der Waals surface area contributed by atoms with Crippen molar-refractivity contribution >= 4 is 11.8 Å². The van der Waals surface area contributed by atoms with E-state index in [-0.39, 0.29) is 5.25 Å². The van der Waals surface area contributed by atoms with Crippen LogP contribution in [0.15, 0.2) is 30.3 Å². The summed E-state index contributed by atoms with van der Waals surface area (Å²) < 4.78 is 0. The summed E-state index contributed by atoms with van der Waals surface area (Å²) >= 11 is 1.69. The quantitative estimate of drug-likeness (QED) is 0.731. The second kappa shape index (κ2) is 4.94. The van der Waals surface area contributed by atoms with Gasteiger partial charge in [0.2, 0.25) is 0 Å². The molecule has 0 aromatic heterocycles. The van der Waals surface area contributed by atoms with Crippen molar-refractivity contribution in [3.63, 3.8) is 0 Å². The summed E-state index contributed by atoms with van der Waals surface area (Å²) in [6.45, 7) is 4.22. The lowest BCUT2D eigenvalue weighted by atomic mass is 10.2. The van der Waals surface area contributed by atoms with Crippen LogP contribution in [0.5, 0.6) is 0 Å². The van der Waals surface area contributed by atoms with Gasteiger partial charge in [-0.2, -0.15) is 5.26 Å². The normalized spacial score (nSPS) is 12.5. The van der Waals surface area contributed by atoms with E-state index in [0.29, 0.717) is 5.25 Å². The lowest BCUT2D eigenvalue weighted by molar-refractivity contribution is 1.09. The maximum Gasteiger partial charge on any atom is 0.117 e. The summed E-state index contributed by atoms with van der Waals surface area (Å²) in [4.78, 5) is 0. The van der Waals surface area contributed by atoms with Crippen molar-refractivity contribution in [2.24, 2.45) is 0 Å². The van der Waals surface area contributed by atoms with Crippen LogP contribution in [0, 0.1) is 11.3 Å². The Labute approximate surface area is 83.8 Å². The Morgan fingerprint density at radius 1 is 1.23 bits per heavy atom. The van der Waals surface area contributed by atoms with Crippen LogP contribution < -0.4 is 0 Å². The molecule has 0 radical (unpaired) electrons. The molecule has 2 heteroatoms. The van der Waals surface area contributed by atoms with E-state index in [1.54, 1.807) is 11.8 Å². The number of rotatable bonds is 3. The van der Waals surface area contributed by atoms with Gasteiger partial charge >= 0.3 is 0 Å². The van der Waals surface area contributed by atoms with E-state index >= 15 is 0 Å². The SMILES string of the molecule is CC(C)SC(C#N)c1ccccc1. The van der Waals surface area contributed by atoms with Crippen LogP contribution in [0.25, 0.3) is 0 Å². The Kier molecular flexibility index (Phi) is 3.85. The minimum absolute atomic E-state index is 0.0267. The molecule has 0 amide bonds. The predicted octanol–water partition coefficient (Wildman–Crippen LogP) is 3.39. The molecule has 1 unspecified atom stereocenters. The monoisotopic (exact) mass is 191 g/mol. The second-order valence-electron chi connectivity index (χ2n) is 3.10. The van der Waals surface area contributed by atoms with Crippen molar-refractivity contribution in [3.8, 4) is 6.07 Å². The van der Waals surface area contributed by atoms with E-state index < -0.39 is 0 Å². The van der Waals surface area contributed by atoms with E-state index in [4.69, 9.17) is 5.26 Å². The topological polar surface area (TPSA) is 23.8 Å². The fraction of sp³-hybridized carbons (Fsp3) is 0.364. The molecule has 0 saturated heterocycles. The molecule has 68 valence electrons. The van der Waals surface area contributed by atoms with Gasteiger partial charge in [0, 0.05) is 5.25 Å². The van der Waals surface area contributed by atoms with Crippen molar-refractivity contribution in [1.82, 2.24) is 0 Å². The molecule has 0 bridgehead atoms. The van der Waals surface area contributed by atoms with Gasteiger partial charge in [-0.3, -0.25) is 0 Å². The number of nitrogens with zero attached hydrogens (tertiary/aromatic N) is 1. The molecule has 1 aromatic rings. The molecule has 0 spiro atoms. The van der Waals surface area contributed by atoms with Crippen LogP contribution in [0.4, 0.5) is 0 Å². The van der Waals surface area contributed by atoms with E-state index in [2.05, 4.69) is 19.9 Å². The molecule has 13 heavy (non-hydrogen) atoms. The summed E-state index contributed by atoms with van der Waals surface area (Å²) in [6, 6.07) is 12.2. The summed E-state index contributed by atoms with van der Waals surface area (Å²) in [6.07, 6.45) is 0. The van der Waals surface area contributed by atoms with E-state index in [1.165, 1.54) is 0 Å². The maximum absolute atomic E-state index is 8.96. The lowest BCUT2D eigenvalue weighted by Crippen LogP contribution is -1.95. The first kappa shape index (κ1) is 10.1. The number of hydrogen-bond donors (Lipinski definition) is 0. The van der Waals surface area contributed by atoms with Gasteiger partial charge < -0.3 is 0 Å². The number of nitriles is 1. The largest absolute Gasteiger partial charge is 0.197 e. The summed E-state index contributed by atoms with van der Waals surface area (Å²) in [7, 11) is 0. The fourth-order valence-electron chi connectivity index (χ4n) is 1.08. The molecular weight excluding hydrogens is 178 g/mol. The highest BCUT2D eigenvalue weighted by Gasteiger charge is 2.11. The van der Waals surface area contributed by atoms with Gasteiger partial charge in [0.15, 0.2) is 0 Å². The van der Waals surface area contributed by atoms with Crippen molar-refractivity contribution in [1.29, 1.82) is 5.26 Å². The van der Waals surface area contributed by atoms with E-state index in [0.717, 1.165) is 5.56 Å². The first-order chi connectivity index (χ1) is 6.24. The number of thioether (sulfide) groups is 1. The van der Waals surface area contributed by atoms with Crippen LogP contribution >= 0.6 is 11.8 Å². The zero-order valence-corrected chi connectivity index (χ0v) is 8.71. The maximum atomic E-state index is 8.96. The predicted molar refractivity (Wildman–Crippen MR) is 57.5 cm³/mol. The van der Waals surface area contributed by atoms with Crippen molar-refractivity contribution < 1.29 is 0 Å². The van der Waals surface area contributed by atoms with E-state index in [9.17, 15) is 0 Å². The highest BCUT2D eigenvalue weighted by atomic mass is 32.2. The molecule has 0 aliphatic heterocycles. The van der Waals surface area contributed by atoms with Crippen LogP contribution in [0.2, 0.25) is 0 Å². The van der Waals surface area contributed by atoms with Crippen LogP contribution in [0.1, 0.15) is 24.7 Å². The second-order valence-corrected chi connectivity index (χ2v) is 4.79. The zero-order valence-electron chi connectivity index (χ0n) is 7.90. The molecule has 0 aliphatic rings. The molecule has 0 fully saturated rings. The smallest absolute Gasteiger partial charge is 0.117 e. The molecule has 0 saturated carbocycles. The molecule has 1 aromatic carbocycles. The third kappa shape index (κ3) is 3.12. The minimum atomic E-state index is -0.0267. The minimum Gasteiger partial charge on any atom is -0.197 e. The highest BCUT2D eigenvalue weighted by molar-refractivity contribution is 8.00. The molecular formula is C11H13NS. The van der Waals surface area contributed by atoms with Crippen LogP contribution in [-0.4, -0.2) is 5.25 Å². The van der Waals surface area contributed by atoms with Gasteiger partial charge in [-0.1, -0.05) is 44.2 Å². The molecule has 1 atom stereocenters. The van der Waals surface area contributed by atoms with Gasteiger partial charge in [-0.25, -0.2) is 0 Å². The first-order valence-corrected chi connectivity index (χ1v) is 5.28. The summed E-state index contributed by atoms with van der Waals surface area (Å²) in [5, 5.41) is 9.42. The van der Waals surface area contributed by atoms with Gasteiger partial charge in [-0.15, -0.1) is 11.8 Å². The lowest BCUT2D eigenvalue weighted by Gasteiger charge is -2.11. The van der Waals surface area contributed by atoms with Gasteiger partial charge in [0.25, 0.3) is 0 Å². The summed E-state index contributed by atoms with van der Waals surface area (Å²) in [5.74, 6) is 0. The Morgan fingerprint density at radius 3 is 2.31 bits per heavy atom. The molecule has 1 nitrogen and oxygen atoms in total. The molecule has 0 heterocycles. The van der Waals surface area contributed by atoms with Gasteiger partial charge in [-0.05, 0) is 5.56 Å². The highest BCUT2D eigenvalue weighted by Crippen LogP contribution is 2.30. The number of hydrogen-bond acceptors (Lipinski definition) is 2. The third-order valence-electron chi connectivity index (χ3n) is 1.63. The van der Waals surface area contributed by atoms with Crippen LogP contribution in [-0.2, 0) is 0 Å². The Bertz CT molecular complexity index is 287. The first-order valence-electron chi connectivity index (χ1n) is 4.34. The van der Waals surface area contributed by atoms with E-state index in [1.807, 2.05) is 30.3 Å². The molecule has 0 aliphatic carbocycles. The van der Waals surface area contributed by atoms with Crippen molar-refractivity contribution in [2.75, 3.05) is 0 Å². The third-order valence-corrected chi connectivity index (χ3v) is 2.82. The summed E-state index contributed by atoms with van der Waals surface area (Å²) in [5.41, 5.74) is 1.10. The average molecular weight is 191 g/mol. The number of benzene rings is 1. The van der Waals surface area contributed by atoms with Crippen LogP contribution in [0.3, 0.4) is 0 Å². The fourth-order valence-corrected chi connectivity index (χ4v) is 2.00. The standard InChI is InChI=1S/C11H13NS/c1-9(2)13-11(8-12)10-6-4-3-5-7-10/h3-7,9,11H,1-2H3.